The molecule has 0 saturated carbocycles. The summed E-state index contributed by atoms with van der Waals surface area (Å²) < 4.78 is 28.4. The lowest BCUT2D eigenvalue weighted by molar-refractivity contribution is -0.125. The molecule has 0 aliphatic carbocycles. The van der Waals surface area contributed by atoms with Crippen LogP contribution in [0.1, 0.15) is 19.4 Å². The number of ether oxygens (including phenoxy) is 1. The van der Waals surface area contributed by atoms with Crippen molar-refractivity contribution in [3.8, 4) is 5.75 Å². The van der Waals surface area contributed by atoms with Crippen molar-refractivity contribution in [2.45, 2.75) is 24.2 Å². The molecule has 0 aliphatic heterocycles. The molecule has 146 valence electrons. The number of nitrogens with one attached hydrogen (secondary N) is 1. The van der Waals surface area contributed by atoms with Crippen LogP contribution in [0, 0.1) is 0 Å². The molecule has 27 heavy (non-hydrogen) atoms. The standard InChI is InChI=1S/C19H21Cl2NO4S/c1-19(2,13-4-9-16(20)17(21)12-13)18(23)22-10-11-26-14-5-7-15(8-6-14)27(3,24)25/h4-9,12H,10-11H2,1-3H3,(H,22,23). The summed E-state index contributed by atoms with van der Waals surface area (Å²) in [6, 6.07) is 11.2. The van der Waals surface area contributed by atoms with Gasteiger partial charge in [0, 0.05) is 6.26 Å². The van der Waals surface area contributed by atoms with Crippen molar-refractivity contribution in [3.63, 3.8) is 0 Å². The summed E-state index contributed by atoms with van der Waals surface area (Å²) in [5, 5.41) is 3.66. The van der Waals surface area contributed by atoms with E-state index in [0.717, 1.165) is 11.8 Å². The molecule has 1 amide bonds. The second kappa shape index (κ2) is 8.50. The molecule has 0 heterocycles. The fourth-order valence-corrected chi connectivity index (χ4v) is 3.28. The van der Waals surface area contributed by atoms with Crippen LogP contribution in [0.15, 0.2) is 47.4 Å². The third kappa shape index (κ3) is 5.61. The zero-order valence-corrected chi connectivity index (χ0v) is 17.6. The molecule has 0 atom stereocenters. The minimum Gasteiger partial charge on any atom is -0.492 e. The molecule has 0 bridgehead atoms. The molecule has 0 radical (unpaired) electrons. The van der Waals surface area contributed by atoms with Crippen LogP contribution in [-0.2, 0) is 20.0 Å². The van der Waals surface area contributed by atoms with Gasteiger partial charge in [0.25, 0.3) is 0 Å². The monoisotopic (exact) mass is 429 g/mol. The first kappa shape index (κ1) is 21.5. The van der Waals surface area contributed by atoms with E-state index in [2.05, 4.69) is 5.32 Å². The molecule has 5 nitrogen and oxygen atoms in total. The van der Waals surface area contributed by atoms with Gasteiger partial charge in [-0.25, -0.2) is 8.42 Å². The first-order valence-corrected chi connectivity index (χ1v) is 10.8. The van der Waals surface area contributed by atoms with E-state index >= 15 is 0 Å². The van der Waals surface area contributed by atoms with Gasteiger partial charge in [-0.2, -0.15) is 0 Å². The second-order valence-electron chi connectivity index (χ2n) is 6.60. The molecule has 0 aliphatic rings. The summed E-state index contributed by atoms with van der Waals surface area (Å²) in [7, 11) is -3.23. The van der Waals surface area contributed by atoms with E-state index in [-0.39, 0.29) is 17.4 Å². The normalized spacial score (nSPS) is 11.9. The summed E-state index contributed by atoms with van der Waals surface area (Å²) in [6.07, 6.45) is 1.15. The van der Waals surface area contributed by atoms with Crippen LogP contribution < -0.4 is 10.1 Å². The SMILES string of the molecule is CC(C)(C(=O)NCCOc1ccc(S(C)(=O)=O)cc1)c1ccc(Cl)c(Cl)c1. The van der Waals surface area contributed by atoms with E-state index in [1.165, 1.54) is 12.1 Å². The number of benzene rings is 2. The van der Waals surface area contributed by atoms with Crippen LogP contribution >= 0.6 is 23.2 Å². The number of hydrogen-bond acceptors (Lipinski definition) is 4. The Morgan fingerprint density at radius 3 is 2.26 bits per heavy atom. The Balaban J connectivity index is 1.89. The van der Waals surface area contributed by atoms with Crippen LogP contribution in [0.25, 0.3) is 0 Å². The molecule has 0 aromatic heterocycles. The molecule has 0 saturated heterocycles. The second-order valence-corrected chi connectivity index (χ2v) is 9.43. The summed E-state index contributed by atoms with van der Waals surface area (Å²) in [6.45, 7) is 4.15. The van der Waals surface area contributed by atoms with Crippen LogP contribution in [0.5, 0.6) is 5.75 Å². The Hall–Kier alpha value is -1.76. The molecule has 8 heteroatoms. The van der Waals surface area contributed by atoms with E-state index in [1.54, 1.807) is 44.2 Å². The van der Waals surface area contributed by atoms with E-state index in [0.29, 0.717) is 22.3 Å². The topological polar surface area (TPSA) is 72.5 Å². The van der Waals surface area contributed by atoms with Crippen molar-refractivity contribution in [1.82, 2.24) is 5.32 Å². The van der Waals surface area contributed by atoms with Gasteiger partial charge in [0.15, 0.2) is 9.84 Å². The predicted molar refractivity (Wildman–Crippen MR) is 108 cm³/mol. The van der Waals surface area contributed by atoms with Gasteiger partial charge < -0.3 is 10.1 Å². The first-order valence-electron chi connectivity index (χ1n) is 8.18. The highest BCUT2D eigenvalue weighted by molar-refractivity contribution is 7.90. The number of rotatable bonds is 7. The molecular formula is C19H21Cl2NO4S. The summed E-state index contributed by atoms with van der Waals surface area (Å²) >= 11 is 12.0. The highest BCUT2D eigenvalue weighted by Crippen LogP contribution is 2.30. The average Bonchev–Trinajstić information content (AvgIpc) is 2.60. The molecule has 0 fully saturated rings. The van der Waals surface area contributed by atoms with Crippen molar-refractivity contribution in [2.75, 3.05) is 19.4 Å². The Morgan fingerprint density at radius 1 is 1.07 bits per heavy atom. The minimum absolute atomic E-state index is 0.170. The van der Waals surface area contributed by atoms with Gasteiger partial charge in [-0.05, 0) is 55.8 Å². The Kier molecular flexibility index (Phi) is 6.78. The molecule has 2 aromatic rings. The quantitative estimate of drug-likeness (QED) is 0.677. The number of sulfone groups is 1. The van der Waals surface area contributed by atoms with E-state index < -0.39 is 15.3 Å². The predicted octanol–water partition coefficient (Wildman–Crippen LogP) is 3.87. The Morgan fingerprint density at radius 2 is 1.70 bits per heavy atom. The summed E-state index contributed by atoms with van der Waals surface area (Å²) in [5.74, 6) is 0.359. The molecule has 0 spiro atoms. The zero-order valence-electron chi connectivity index (χ0n) is 15.3. The maximum absolute atomic E-state index is 12.5. The number of amides is 1. The smallest absolute Gasteiger partial charge is 0.230 e. The molecule has 2 rings (SSSR count). The van der Waals surface area contributed by atoms with Gasteiger partial charge in [0.05, 0.1) is 26.9 Å². The molecule has 1 N–H and O–H groups in total. The van der Waals surface area contributed by atoms with Crippen molar-refractivity contribution in [2.24, 2.45) is 0 Å². The van der Waals surface area contributed by atoms with Gasteiger partial charge in [-0.15, -0.1) is 0 Å². The van der Waals surface area contributed by atoms with Gasteiger partial charge in [-0.1, -0.05) is 29.3 Å². The number of hydrogen-bond donors (Lipinski definition) is 1. The largest absolute Gasteiger partial charge is 0.492 e. The van der Waals surface area contributed by atoms with Gasteiger partial charge in [0.1, 0.15) is 12.4 Å². The number of carbonyl (C=O) groups is 1. The van der Waals surface area contributed by atoms with Crippen molar-refractivity contribution in [1.29, 1.82) is 0 Å². The lowest BCUT2D eigenvalue weighted by atomic mass is 9.84. The van der Waals surface area contributed by atoms with Gasteiger partial charge in [0.2, 0.25) is 5.91 Å². The fraction of sp³-hybridized carbons (Fsp3) is 0.316. The van der Waals surface area contributed by atoms with Crippen LogP contribution in [-0.4, -0.2) is 33.7 Å². The molecular weight excluding hydrogens is 409 g/mol. The maximum atomic E-state index is 12.5. The minimum atomic E-state index is -3.23. The van der Waals surface area contributed by atoms with Crippen LogP contribution in [0.4, 0.5) is 0 Å². The lowest BCUT2D eigenvalue weighted by Gasteiger charge is -2.24. The lowest BCUT2D eigenvalue weighted by Crippen LogP contribution is -2.41. The summed E-state index contributed by atoms with van der Waals surface area (Å²) in [5.41, 5.74) is -0.0302. The van der Waals surface area contributed by atoms with Crippen molar-refractivity contribution in [3.05, 3.63) is 58.1 Å². The van der Waals surface area contributed by atoms with Crippen LogP contribution in [0.3, 0.4) is 0 Å². The van der Waals surface area contributed by atoms with Gasteiger partial charge in [-0.3, -0.25) is 4.79 Å². The van der Waals surface area contributed by atoms with Crippen molar-refractivity contribution < 1.29 is 17.9 Å². The fourth-order valence-electron chi connectivity index (χ4n) is 2.35. The summed E-state index contributed by atoms with van der Waals surface area (Å²) in [4.78, 5) is 12.7. The third-order valence-electron chi connectivity index (χ3n) is 4.12. The molecule has 2 aromatic carbocycles. The Labute approximate surface area is 169 Å². The Bertz CT molecular complexity index is 925. The highest BCUT2D eigenvalue weighted by atomic mass is 35.5. The highest BCUT2D eigenvalue weighted by Gasteiger charge is 2.30. The average molecular weight is 430 g/mol. The van der Waals surface area contributed by atoms with E-state index in [1.807, 2.05) is 0 Å². The first-order chi connectivity index (χ1) is 12.5. The van der Waals surface area contributed by atoms with Crippen molar-refractivity contribution >= 4 is 38.9 Å². The maximum Gasteiger partial charge on any atom is 0.230 e. The zero-order chi connectivity index (χ0) is 20.2. The van der Waals surface area contributed by atoms with E-state index in [4.69, 9.17) is 27.9 Å². The van der Waals surface area contributed by atoms with Gasteiger partial charge >= 0.3 is 0 Å². The number of halogens is 2. The van der Waals surface area contributed by atoms with E-state index in [9.17, 15) is 13.2 Å². The van der Waals surface area contributed by atoms with Crippen LogP contribution in [0.2, 0.25) is 10.0 Å². The molecule has 0 unspecified atom stereocenters. The number of carbonyl (C=O) groups excluding carboxylic acids is 1. The third-order valence-corrected chi connectivity index (χ3v) is 5.98.